The Labute approximate surface area is 79.3 Å². The molecule has 0 amide bonds. The van der Waals surface area contributed by atoms with Crippen molar-refractivity contribution in [1.29, 1.82) is 0 Å². The molecule has 0 aromatic rings. The molecule has 1 rings (SSSR count). The lowest BCUT2D eigenvalue weighted by atomic mass is 9.69. The molecule has 0 aromatic heterocycles. The molecule has 12 heavy (non-hydrogen) atoms. The van der Waals surface area contributed by atoms with Crippen LogP contribution in [0.2, 0.25) is 0 Å². The molecule has 72 valence electrons. The fourth-order valence-electron chi connectivity index (χ4n) is 2.32. The molecular weight excluding hydrogens is 148 g/mol. The molecule has 0 atom stereocenters. The van der Waals surface area contributed by atoms with Gasteiger partial charge >= 0.3 is 0 Å². The third-order valence-electron chi connectivity index (χ3n) is 2.59. The Bertz CT molecular complexity index is 190. The molecule has 0 N–H and O–H groups in total. The molecule has 0 aliphatic heterocycles. The maximum atomic E-state index is 7.38. The number of hydrogen-bond donors (Lipinski definition) is 0. The minimum absolute atomic E-state index is 0.211. The summed E-state index contributed by atoms with van der Waals surface area (Å²) in [5.74, 6) is 1.48. The van der Waals surface area contributed by atoms with E-state index in [0.717, 1.165) is 24.7 Å². The van der Waals surface area contributed by atoms with E-state index in [1.807, 2.05) is 6.92 Å². The van der Waals surface area contributed by atoms with Gasteiger partial charge < -0.3 is 4.74 Å². The summed E-state index contributed by atoms with van der Waals surface area (Å²) in [6, 6.07) is 0. The highest BCUT2D eigenvalue weighted by molar-refractivity contribution is 4.92. The average Bonchev–Trinajstić information content (AvgIpc) is 1.76. The van der Waals surface area contributed by atoms with Crippen molar-refractivity contribution in [2.75, 3.05) is 6.56 Å². The van der Waals surface area contributed by atoms with Gasteiger partial charge in [-0.05, 0) is 44.9 Å². The maximum absolute atomic E-state index is 7.38. The lowest BCUT2D eigenvalue weighted by molar-refractivity contribution is -0.114. The zero-order valence-electron chi connectivity index (χ0n) is 10.7. The topological polar surface area (TPSA) is 9.23 Å². The van der Waals surface area contributed by atoms with Gasteiger partial charge in [-0.2, -0.15) is 0 Å². The highest BCUT2D eigenvalue weighted by Gasteiger charge is 2.40. The van der Waals surface area contributed by atoms with Crippen molar-refractivity contribution in [1.82, 2.24) is 0 Å². The minimum Gasteiger partial charge on any atom is -0.376 e. The third-order valence-corrected chi connectivity index (χ3v) is 2.59. The standard InChI is InChI=1S/C11H22O/c1-5-12-11(4)7-10(8-11)6-9(2)3/h9-10H,5-8H2,1-4H3/t10-,11+/i5D2. The van der Waals surface area contributed by atoms with Crippen molar-refractivity contribution >= 4 is 0 Å². The summed E-state index contributed by atoms with van der Waals surface area (Å²) in [5, 5.41) is 0. The van der Waals surface area contributed by atoms with Crippen molar-refractivity contribution in [2.24, 2.45) is 11.8 Å². The van der Waals surface area contributed by atoms with Gasteiger partial charge in [0.15, 0.2) is 0 Å². The van der Waals surface area contributed by atoms with E-state index in [1.54, 1.807) is 0 Å². The molecule has 1 aliphatic rings. The summed E-state index contributed by atoms with van der Waals surface area (Å²) < 4.78 is 20.2. The molecule has 0 unspecified atom stereocenters. The zero-order valence-corrected chi connectivity index (χ0v) is 8.68. The molecular formula is C11H22O. The van der Waals surface area contributed by atoms with E-state index < -0.39 is 6.56 Å². The summed E-state index contributed by atoms with van der Waals surface area (Å²) in [4.78, 5) is 0. The quantitative estimate of drug-likeness (QED) is 0.632. The van der Waals surface area contributed by atoms with Crippen LogP contribution in [-0.2, 0) is 4.74 Å². The van der Waals surface area contributed by atoms with Gasteiger partial charge in [-0.3, -0.25) is 0 Å². The molecule has 0 aromatic carbocycles. The van der Waals surface area contributed by atoms with Crippen LogP contribution in [0.15, 0.2) is 0 Å². The van der Waals surface area contributed by atoms with Crippen molar-refractivity contribution in [2.45, 2.75) is 52.6 Å². The summed E-state index contributed by atoms with van der Waals surface area (Å²) >= 11 is 0. The van der Waals surface area contributed by atoms with Crippen molar-refractivity contribution < 1.29 is 7.48 Å². The molecule has 1 saturated carbocycles. The van der Waals surface area contributed by atoms with Crippen LogP contribution in [0.25, 0.3) is 0 Å². The van der Waals surface area contributed by atoms with Crippen LogP contribution in [0.4, 0.5) is 0 Å². The molecule has 0 saturated heterocycles. The van der Waals surface area contributed by atoms with Gasteiger partial charge in [0.1, 0.15) is 0 Å². The first kappa shape index (κ1) is 7.37. The van der Waals surface area contributed by atoms with Crippen LogP contribution in [0.5, 0.6) is 0 Å². The fourth-order valence-corrected chi connectivity index (χ4v) is 2.32. The third kappa shape index (κ3) is 2.48. The predicted molar refractivity (Wildman–Crippen MR) is 52.2 cm³/mol. The van der Waals surface area contributed by atoms with E-state index >= 15 is 0 Å². The van der Waals surface area contributed by atoms with Gasteiger partial charge in [0.25, 0.3) is 0 Å². The Morgan fingerprint density at radius 1 is 1.58 bits per heavy atom. The van der Waals surface area contributed by atoms with Gasteiger partial charge in [0, 0.05) is 6.56 Å². The molecule has 1 aliphatic carbocycles. The molecule has 0 radical (unpaired) electrons. The lowest BCUT2D eigenvalue weighted by Gasteiger charge is -2.45. The first-order valence-electron chi connectivity index (χ1n) is 5.90. The number of ether oxygens (including phenoxy) is 1. The van der Waals surface area contributed by atoms with Gasteiger partial charge in [0.2, 0.25) is 0 Å². The highest BCUT2D eigenvalue weighted by atomic mass is 16.5. The monoisotopic (exact) mass is 172 g/mol. The number of hydrogen-bond acceptors (Lipinski definition) is 1. The van der Waals surface area contributed by atoms with Crippen molar-refractivity contribution in [3.63, 3.8) is 0 Å². The second kappa shape index (κ2) is 3.78. The second-order valence-corrected chi connectivity index (χ2v) is 4.66. The van der Waals surface area contributed by atoms with Gasteiger partial charge in [-0.1, -0.05) is 13.8 Å². The second-order valence-electron chi connectivity index (χ2n) is 4.66. The van der Waals surface area contributed by atoms with Crippen LogP contribution < -0.4 is 0 Å². The summed E-state index contributed by atoms with van der Waals surface area (Å²) in [6.07, 6.45) is 3.27. The van der Waals surface area contributed by atoms with Crippen LogP contribution in [0, 0.1) is 11.8 Å². The minimum atomic E-state index is -1.49. The van der Waals surface area contributed by atoms with Crippen LogP contribution in [0.3, 0.4) is 0 Å². The smallest absolute Gasteiger partial charge is 0.0659 e. The van der Waals surface area contributed by atoms with E-state index in [2.05, 4.69) is 13.8 Å². The number of rotatable bonds is 4. The Balaban J connectivity index is 2.30. The van der Waals surface area contributed by atoms with E-state index in [1.165, 1.54) is 13.3 Å². The molecule has 0 heterocycles. The SMILES string of the molecule is [2H]C([2H])(C)O[C@]1(C)C[C@H](CC(C)C)C1. The van der Waals surface area contributed by atoms with Crippen molar-refractivity contribution in [3.8, 4) is 0 Å². The summed E-state index contributed by atoms with van der Waals surface area (Å²) in [5.41, 5.74) is -0.211. The summed E-state index contributed by atoms with van der Waals surface area (Å²) in [6.45, 7) is 6.47. The van der Waals surface area contributed by atoms with E-state index in [4.69, 9.17) is 7.48 Å². The highest BCUT2D eigenvalue weighted by Crippen LogP contribution is 2.43. The first-order valence-corrected chi connectivity index (χ1v) is 4.90. The fraction of sp³-hybridized carbons (Fsp3) is 1.00. The molecule has 1 heteroatoms. The Morgan fingerprint density at radius 2 is 2.17 bits per heavy atom. The van der Waals surface area contributed by atoms with E-state index in [9.17, 15) is 0 Å². The van der Waals surface area contributed by atoms with E-state index in [-0.39, 0.29) is 5.60 Å². The Kier molecular flexibility index (Phi) is 2.32. The molecule has 1 fully saturated rings. The lowest BCUT2D eigenvalue weighted by Crippen LogP contribution is -2.43. The molecule has 1 nitrogen and oxygen atoms in total. The Hall–Kier alpha value is -0.0400. The average molecular weight is 172 g/mol. The zero-order chi connectivity index (χ0) is 11.0. The summed E-state index contributed by atoms with van der Waals surface area (Å²) in [7, 11) is 0. The largest absolute Gasteiger partial charge is 0.376 e. The van der Waals surface area contributed by atoms with Crippen LogP contribution in [0.1, 0.15) is 49.7 Å². The van der Waals surface area contributed by atoms with Gasteiger partial charge in [0.05, 0.1) is 8.34 Å². The van der Waals surface area contributed by atoms with Crippen LogP contribution >= 0.6 is 0 Å². The van der Waals surface area contributed by atoms with Gasteiger partial charge in [-0.15, -0.1) is 0 Å². The normalized spacial score (nSPS) is 38.9. The molecule has 0 spiro atoms. The van der Waals surface area contributed by atoms with E-state index in [0.29, 0.717) is 0 Å². The van der Waals surface area contributed by atoms with Crippen molar-refractivity contribution in [3.05, 3.63) is 0 Å². The Morgan fingerprint density at radius 3 is 2.58 bits per heavy atom. The van der Waals surface area contributed by atoms with Gasteiger partial charge in [-0.25, -0.2) is 0 Å². The maximum Gasteiger partial charge on any atom is 0.0659 e. The molecule has 0 bridgehead atoms. The first-order chi connectivity index (χ1) is 6.20. The predicted octanol–water partition coefficient (Wildman–Crippen LogP) is 3.24. The van der Waals surface area contributed by atoms with Crippen LogP contribution in [-0.4, -0.2) is 12.2 Å².